The molecule has 2 aromatic rings. The summed E-state index contributed by atoms with van der Waals surface area (Å²) in [6, 6.07) is 3.70. The minimum Gasteiger partial charge on any atom is -0.492 e. The van der Waals surface area contributed by atoms with Crippen LogP contribution in [0.1, 0.15) is 29.7 Å². The van der Waals surface area contributed by atoms with Crippen LogP contribution in [0.2, 0.25) is 10.0 Å². The van der Waals surface area contributed by atoms with E-state index in [0.29, 0.717) is 22.4 Å². The fourth-order valence-electron chi connectivity index (χ4n) is 2.18. The fourth-order valence-corrected chi connectivity index (χ4v) is 3.54. The predicted octanol–water partition coefficient (Wildman–Crippen LogP) is 5.07. The van der Waals surface area contributed by atoms with Crippen molar-refractivity contribution in [2.45, 2.75) is 19.9 Å². The Morgan fingerprint density at radius 1 is 1.20 bits per heavy atom. The molecule has 0 aliphatic heterocycles. The molecular weight excluding hydrogens is 313 g/mol. The Balaban J connectivity index is 2.45. The summed E-state index contributed by atoms with van der Waals surface area (Å²) >= 11 is 14.4. The molecule has 0 spiro atoms. The maximum Gasteiger partial charge on any atom is 0.139 e. The topological polar surface area (TPSA) is 21.3 Å². The molecule has 0 saturated carbocycles. The second kappa shape index (κ2) is 6.81. The van der Waals surface area contributed by atoms with Crippen LogP contribution in [0.3, 0.4) is 0 Å². The van der Waals surface area contributed by atoms with E-state index in [9.17, 15) is 0 Å². The third-order valence-corrected chi connectivity index (χ3v) is 4.66. The van der Waals surface area contributed by atoms with E-state index >= 15 is 0 Å². The van der Waals surface area contributed by atoms with Crippen molar-refractivity contribution in [3.8, 4) is 5.75 Å². The van der Waals surface area contributed by atoms with Crippen LogP contribution in [0.5, 0.6) is 5.75 Å². The number of benzene rings is 1. The van der Waals surface area contributed by atoms with Gasteiger partial charge in [-0.05, 0) is 54.4 Å². The van der Waals surface area contributed by atoms with Gasteiger partial charge in [0.1, 0.15) is 5.75 Å². The van der Waals surface area contributed by atoms with Crippen molar-refractivity contribution in [3.63, 3.8) is 0 Å². The van der Waals surface area contributed by atoms with E-state index in [1.54, 1.807) is 17.4 Å². The van der Waals surface area contributed by atoms with Gasteiger partial charge in [0, 0.05) is 11.1 Å². The Labute approximate surface area is 133 Å². The molecule has 0 amide bonds. The molecule has 5 heteroatoms. The highest BCUT2D eigenvalue weighted by Crippen LogP contribution is 2.37. The minimum absolute atomic E-state index is 0.0296. The standard InChI is InChI=1S/C15H17Cl2NOS/c1-4-19-14-6-12(16)10(5-13(14)17)15(18-3)11-8-20-7-9(11)2/h5-8,15,18H,4H2,1-3H3. The largest absolute Gasteiger partial charge is 0.492 e. The number of halogens is 2. The average molecular weight is 330 g/mol. The molecule has 0 aliphatic rings. The van der Waals surface area contributed by atoms with Crippen molar-refractivity contribution in [3.05, 3.63) is 49.6 Å². The minimum atomic E-state index is 0.0296. The van der Waals surface area contributed by atoms with E-state index in [-0.39, 0.29) is 6.04 Å². The van der Waals surface area contributed by atoms with Gasteiger partial charge in [-0.25, -0.2) is 0 Å². The Morgan fingerprint density at radius 2 is 1.95 bits per heavy atom. The van der Waals surface area contributed by atoms with Crippen LogP contribution in [0, 0.1) is 6.92 Å². The molecule has 1 heterocycles. The van der Waals surface area contributed by atoms with Gasteiger partial charge >= 0.3 is 0 Å². The summed E-state index contributed by atoms with van der Waals surface area (Å²) in [4.78, 5) is 0. The predicted molar refractivity (Wildman–Crippen MR) is 87.6 cm³/mol. The SMILES string of the molecule is CCOc1cc(Cl)c(C(NC)c2cscc2C)cc1Cl. The maximum absolute atomic E-state index is 6.40. The van der Waals surface area contributed by atoms with Gasteiger partial charge < -0.3 is 10.1 Å². The highest BCUT2D eigenvalue weighted by atomic mass is 35.5. The van der Waals surface area contributed by atoms with Gasteiger partial charge in [0.15, 0.2) is 0 Å². The number of hydrogen-bond donors (Lipinski definition) is 1. The smallest absolute Gasteiger partial charge is 0.139 e. The summed E-state index contributed by atoms with van der Waals surface area (Å²) in [5, 5.41) is 8.81. The van der Waals surface area contributed by atoms with E-state index in [1.165, 1.54) is 11.1 Å². The van der Waals surface area contributed by atoms with E-state index in [4.69, 9.17) is 27.9 Å². The van der Waals surface area contributed by atoms with E-state index in [2.05, 4.69) is 23.0 Å². The molecular formula is C15H17Cl2NOS. The summed E-state index contributed by atoms with van der Waals surface area (Å²) in [6.45, 7) is 4.58. The lowest BCUT2D eigenvalue weighted by Crippen LogP contribution is -2.18. The lowest BCUT2D eigenvalue weighted by molar-refractivity contribution is 0.340. The summed E-state index contributed by atoms with van der Waals surface area (Å²) in [5.41, 5.74) is 3.43. The Bertz CT molecular complexity index is 598. The summed E-state index contributed by atoms with van der Waals surface area (Å²) < 4.78 is 5.47. The van der Waals surface area contributed by atoms with Gasteiger partial charge in [0.25, 0.3) is 0 Å². The fraction of sp³-hybridized carbons (Fsp3) is 0.333. The molecule has 1 unspecified atom stereocenters. The number of rotatable bonds is 5. The van der Waals surface area contributed by atoms with Crippen LogP contribution in [-0.2, 0) is 0 Å². The van der Waals surface area contributed by atoms with Crippen LogP contribution >= 0.6 is 34.5 Å². The molecule has 0 bridgehead atoms. The number of thiophene rings is 1. The van der Waals surface area contributed by atoms with Crippen molar-refractivity contribution in [2.24, 2.45) is 0 Å². The number of ether oxygens (including phenoxy) is 1. The normalized spacial score (nSPS) is 12.4. The molecule has 1 aromatic carbocycles. The lowest BCUT2D eigenvalue weighted by Gasteiger charge is -2.20. The molecule has 2 rings (SSSR count). The molecule has 0 aliphatic carbocycles. The van der Waals surface area contributed by atoms with Gasteiger partial charge in [-0.3, -0.25) is 0 Å². The first-order valence-corrected chi connectivity index (χ1v) is 8.10. The van der Waals surface area contributed by atoms with Gasteiger partial charge in [0.2, 0.25) is 0 Å². The van der Waals surface area contributed by atoms with Crippen molar-refractivity contribution in [2.75, 3.05) is 13.7 Å². The average Bonchev–Trinajstić information content (AvgIpc) is 2.83. The van der Waals surface area contributed by atoms with Gasteiger partial charge in [-0.2, -0.15) is 11.3 Å². The zero-order chi connectivity index (χ0) is 14.7. The summed E-state index contributed by atoms with van der Waals surface area (Å²) in [5.74, 6) is 0.625. The molecule has 1 N–H and O–H groups in total. The quantitative estimate of drug-likeness (QED) is 0.826. The molecule has 20 heavy (non-hydrogen) atoms. The van der Waals surface area contributed by atoms with Crippen LogP contribution < -0.4 is 10.1 Å². The van der Waals surface area contributed by atoms with Crippen molar-refractivity contribution >= 4 is 34.5 Å². The Morgan fingerprint density at radius 3 is 2.50 bits per heavy atom. The van der Waals surface area contributed by atoms with E-state index in [0.717, 1.165) is 5.56 Å². The zero-order valence-corrected chi connectivity index (χ0v) is 14.0. The van der Waals surface area contributed by atoms with Gasteiger partial charge in [-0.15, -0.1) is 0 Å². The van der Waals surface area contributed by atoms with Gasteiger partial charge in [-0.1, -0.05) is 23.2 Å². The van der Waals surface area contributed by atoms with Gasteiger partial charge in [0.05, 0.1) is 17.7 Å². The number of nitrogens with one attached hydrogen (secondary N) is 1. The first-order valence-electron chi connectivity index (χ1n) is 6.40. The second-order valence-electron chi connectivity index (χ2n) is 4.47. The maximum atomic E-state index is 6.40. The zero-order valence-electron chi connectivity index (χ0n) is 11.7. The van der Waals surface area contributed by atoms with Crippen LogP contribution in [0.15, 0.2) is 22.9 Å². The van der Waals surface area contributed by atoms with Crippen molar-refractivity contribution in [1.29, 1.82) is 0 Å². The first-order chi connectivity index (χ1) is 9.58. The van der Waals surface area contributed by atoms with Crippen molar-refractivity contribution in [1.82, 2.24) is 5.32 Å². The lowest BCUT2D eigenvalue weighted by atomic mass is 9.98. The summed E-state index contributed by atoms with van der Waals surface area (Å²) in [6.07, 6.45) is 0. The van der Waals surface area contributed by atoms with Crippen LogP contribution in [-0.4, -0.2) is 13.7 Å². The van der Waals surface area contributed by atoms with E-state index < -0.39 is 0 Å². The highest BCUT2D eigenvalue weighted by Gasteiger charge is 2.20. The molecule has 1 atom stereocenters. The van der Waals surface area contributed by atoms with E-state index in [1.807, 2.05) is 20.0 Å². The second-order valence-corrected chi connectivity index (χ2v) is 6.03. The molecule has 2 nitrogen and oxygen atoms in total. The first kappa shape index (κ1) is 15.6. The summed E-state index contributed by atoms with van der Waals surface area (Å²) in [7, 11) is 1.92. The molecule has 1 aromatic heterocycles. The van der Waals surface area contributed by atoms with Crippen molar-refractivity contribution < 1.29 is 4.74 Å². The Kier molecular flexibility index (Phi) is 5.33. The van der Waals surface area contributed by atoms with Crippen LogP contribution in [0.4, 0.5) is 0 Å². The number of aryl methyl sites for hydroxylation is 1. The van der Waals surface area contributed by atoms with Crippen LogP contribution in [0.25, 0.3) is 0 Å². The molecule has 0 fully saturated rings. The number of hydrogen-bond acceptors (Lipinski definition) is 3. The molecule has 108 valence electrons. The molecule has 0 saturated heterocycles. The third-order valence-electron chi connectivity index (χ3n) is 3.16. The molecule has 0 radical (unpaired) electrons. The monoisotopic (exact) mass is 329 g/mol. The third kappa shape index (κ3) is 3.12. The Hall–Kier alpha value is -0.740. The highest BCUT2D eigenvalue weighted by molar-refractivity contribution is 7.08.